The summed E-state index contributed by atoms with van der Waals surface area (Å²) in [6.45, 7) is 1.40. The average molecular weight is 220 g/mol. The zero-order chi connectivity index (χ0) is 11.7. The maximum Gasteiger partial charge on any atom is 0.293 e. The summed E-state index contributed by atoms with van der Waals surface area (Å²) in [7, 11) is 0. The predicted molar refractivity (Wildman–Crippen MR) is 59.7 cm³/mol. The molecule has 1 saturated carbocycles. The Morgan fingerprint density at radius 1 is 1.50 bits per heavy atom. The van der Waals surface area contributed by atoms with Crippen LogP contribution in [-0.2, 0) is 0 Å². The van der Waals surface area contributed by atoms with Crippen molar-refractivity contribution < 1.29 is 9.72 Å². The van der Waals surface area contributed by atoms with Crippen LogP contribution in [0.15, 0.2) is 18.2 Å². The van der Waals surface area contributed by atoms with Crippen molar-refractivity contribution in [1.29, 1.82) is 0 Å². The molecule has 0 bridgehead atoms. The summed E-state index contributed by atoms with van der Waals surface area (Å²) in [4.78, 5) is 21.5. The highest BCUT2D eigenvalue weighted by Gasteiger charge is 2.25. The molecule has 2 rings (SSSR count). The summed E-state index contributed by atoms with van der Waals surface area (Å²) in [5.41, 5.74) is 0.838. The Hall–Kier alpha value is -1.91. The number of anilines is 1. The normalized spacial score (nSPS) is 14.6. The summed E-state index contributed by atoms with van der Waals surface area (Å²) in [5.74, 6) is -0.166. The van der Waals surface area contributed by atoms with Crippen molar-refractivity contribution in [3.05, 3.63) is 33.9 Å². The van der Waals surface area contributed by atoms with Crippen molar-refractivity contribution in [3.8, 4) is 0 Å². The van der Waals surface area contributed by atoms with Gasteiger partial charge in [0.15, 0.2) is 5.78 Å². The second-order valence-corrected chi connectivity index (χ2v) is 3.96. The third-order valence-corrected chi connectivity index (χ3v) is 2.54. The van der Waals surface area contributed by atoms with E-state index in [9.17, 15) is 14.9 Å². The molecular formula is C11H12N2O3. The van der Waals surface area contributed by atoms with E-state index in [1.54, 1.807) is 12.1 Å². The van der Waals surface area contributed by atoms with Gasteiger partial charge in [-0.25, -0.2) is 0 Å². The van der Waals surface area contributed by atoms with Gasteiger partial charge in [0.05, 0.1) is 4.92 Å². The van der Waals surface area contributed by atoms with Crippen LogP contribution in [0, 0.1) is 10.1 Å². The van der Waals surface area contributed by atoms with E-state index in [4.69, 9.17) is 0 Å². The second-order valence-electron chi connectivity index (χ2n) is 3.96. The fraction of sp³-hybridized carbons (Fsp3) is 0.364. The van der Waals surface area contributed by atoms with Crippen molar-refractivity contribution in [2.24, 2.45) is 0 Å². The molecule has 0 heterocycles. The second kappa shape index (κ2) is 3.92. The van der Waals surface area contributed by atoms with Crippen LogP contribution in [0.2, 0.25) is 0 Å². The number of nitro benzene ring substituents is 1. The zero-order valence-corrected chi connectivity index (χ0v) is 8.90. The maximum absolute atomic E-state index is 11.1. The van der Waals surface area contributed by atoms with Gasteiger partial charge in [-0.05, 0) is 31.9 Å². The number of nitrogens with zero attached hydrogens (tertiary/aromatic N) is 1. The molecule has 0 atom stereocenters. The maximum atomic E-state index is 11.1. The lowest BCUT2D eigenvalue weighted by atomic mass is 10.1. The van der Waals surface area contributed by atoms with E-state index in [-0.39, 0.29) is 11.5 Å². The number of benzene rings is 1. The largest absolute Gasteiger partial charge is 0.377 e. The molecule has 0 spiro atoms. The zero-order valence-electron chi connectivity index (χ0n) is 8.90. The van der Waals surface area contributed by atoms with Gasteiger partial charge in [0.25, 0.3) is 5.69 Å². The summed E-state index contributed by atoms with van der Waals surface area (Å²) in [5, 5.41) is 13.9. The quantitative estimate of drug-likeness (QED) is 0.480. The fourth-order valence-corrected chi connectivity index (χ4v) is 1.47. The number of carbonyl (C=O) groups excluding carboxylic acids is 1. The summed E-state index contributed by atoms with van der Waals surface area (Å²) in [6, 6.07) is 4.89. The first-order valence-electron chi connectivity index (χ1n) is 5.14. The van der Waals surface area contributed by atoms with E-state index in [0.29, 0.717) is 17.3 Å². The van der Waals surface area contributed by atoms with E-state index in [1.165, 1.54) is 13.0 Å². The van der Waals surface area contributed by atoms with Gasteiger partial charge < -0.3 is 5.32 Å². The minimum absolute atomic E-state index is 0.0281. The molecule has 0 amide bonds. The lowest BCUT2D eigenvalue weighted by Gasteiger charge is -2.06. The highest BCUT2D eigenvalue weighted by atomic mass is 16.6. The van der Waals surface area contributed by atoms with Crippen LogP contribution >= 0.6 is 0 Å². The topological polar surface area (TPSA) is 72.2 Å². The molecule has 5 nitrogen and oxygen atoms in total. The van der Waals surface area contributed by atoms with Gasteiger partial charge in [0.2, 0.25) is 0 Å². The van der Waals surface area contributed by atoms with Gasteiger partial charge in [0, 0.05) is 17.7 Å². The first kappa shape index (κ1) is 10.6. The summed E-state index contributed by atoms with van der Waals surface area (Å²) in [6.07, 6.45) is 2.09. The van der Waals surface area contributed by atoms with Gasteiger partial charge in [-0.3, -0.25) is 14.9 Å². The average Bonchev–Trinajstić information content (AvgIpc) is 3.01. The standard InChI is InChI=1S/C11H12N2O3/c1-7(14)8-2-5-10(12-9-3-4-9)11(6-8)13(15)16/h2,5-6,9,12H,3-4H2,1H3. The van der Waals surface area contributed by atoms with Crippen LogP contribution in [0.25, 0.3) is 0 Å². The highest BCUT2D eigenvalue weighted by molar-refractivity contribution is 5.95. The van der Waals surface area contributed by atoms with E-state index < -0.39 is 4.92 Å². The Kier molecular flexibility index (Phi) is 2.60. The number of hydrogen-bond donors (Lipinski definition) is 1. The van der Waals surface area contributed by atoms with Crippen LogP contribution in [0.5, 0.6) is 0 Å². The number of carbonyl (C=O) groups is 1. The molecule has 16 heavy (non-hydrogen) atoms. The Labute approximate surface area is 92.6 Å². The molecule has 1 aromatic rings. The molecule has 0 saturated heterocycles. The van der Waals surface area contributed by atoms with Crippen molar-refractivity contribution in [3.63, 3.8) is 0 Å². The van der Waals surface area contributed by atoms with E-state index >= 15 is 0 Å². The fourth-order valence-electron chi connectivity index (χ4n) is 1.47. The number of nitrogens with one attached hydrogen (secondary N) is 1. The summed E-state index contributed by atoms with van der Waals surface area (Å²) < 4.78 is 0. The van der Waals surface area contributed by atoms with E-state index in [1.807, 2.05) is 0 Å². The molecule has 0 aliphatic heterocycles. The van der Waals surface area contributed by atoms with Crippen LogP contribution in [-0.4, -0.2) is 16.7 Å². The molecule has 84 valence electrons. The Morgan fingerprint density at radius 3 is 2.69 bits per heavy atom. The third-order valence-electron chi connectivity index (χ3n) is 2.54. The van der Waals surface area contributed by atoms with Crippen LogP contribution in [0.3, 0.4) is 0 Å². The molecule has 0 unspecified atom stereocenters. The third kappa shape index (κ3) is 2.18. The molecule has 0 radical (unpaired) electrons. The Balaban J connectivity index is 2.35. The van der Waals surface area contributed by atoms with Crippen LogP contribution in [0.4, 0.5) is 11.4 Å². The van der Waals surface area contributed by atoms with Crippen molar-refractivity contribution in [2.45, 2.75) is 25.8 Å². The minimum Gasteiger partial charge on any atom is -0.377 e. The Morgan fingerprint density at radius 2 is 2.19 bits per heavy atom. The minimum atomic E-state index is -0.461. The lowest BCUT2D eigenvalue weighted by Crippen LogP contribution is -2.05. The van der Waals surface area contributed by atoms with Crippen molar-refractivity contribution >= 4 is 17.2 Å². The van der Waals surface area contributed by atoms with Crippen LogP contribution in [0.1, 0.15) is 30.1 Å². The van der Waals surface area contributed by atoms with Crippen molar-refractivity contribution in [2.75, 3.05) is 5.32 Å². The SMILES string of the molecule is CC(=O)c1ccc(NC2CC2)c([N+](=O)[O-])c1. The smallest absolute Gasteiger partial charge is 0.293 e. The number of rotatable bonds is 4. The molecule has 0 aromatic heterocycles. The highest BCUT2D eigenvalue weighted by Crippen LogP contribution is 2.31. The summed E-state index contributed by atoms with van der Waals surface area (Å²) >= 11 is 0. The van der Waals surface area contributed by atoms with Crippen LogP contribution < -0.4 is 5.32 Å². The molecule has 1 aromatic carbocycles. The molecule has 1 aliphatic rings. The lowest BCUT2D eigenvalue weighted by molar-refractivity contribution is -0.384. The van der Waals surface area contributed by atoms with E-state index in [0.717, 1.165) is 12.8 Å². The molecule has 1 N–H and O–H groups in total. The number of hydrogen-bond acceptors (Lipinski definition) is 4. The number of nitro groups is 1. The molecule has 1 fully saturated rings. The number of Topliss-reactive ketones (excluding diaryl/α,β-unsaturated/α-hetero) is 1. The Bertz CT molecular complexity index is 453. The first-order chi connectivity index (χ1) is 7.58. The van der Waals surface area contributed by atoms with Gasteiger partial charge in [0.1, 0.15) is 5.69 Å². The van der Waals surface area contributed by atoms with Gasteiger partial charge in [-0.1, -0.05) is 0 Å². The molecular weight excluding hydrogens is 208 g/mol. The molecule has 1 aliphatic carbocycles. The monoisotopic (exact) mass is 220 g/mol. The molecule has 5 heteroatoms. The number of ketones is 1. The van der Waals surface area contributed by atoms with Gasteiger partial charge >= 0.3 is 0 Å². The van der Waals surface area contributed by atoms with Crippen molar-refractivity contribution in [1.82, 2.24) is 0 Å². The predicted octanol–water partition coefficient (Wildman–Crippen LogP) is 2.37. The van der Waals surface area contributed by atoms with Gasteiger partial charge in [-0.15, -0.1) is 0 Å². The first-order valence-corrected chi connectivity index (χ1v) is 5.14. The van der Waals surface area contributed by atoms with E-state index in [2.05, 4.69) is 5.32 Å². The van der Waals surface area contributed by atoms with Gasteiger partial charge in [-0.2, -0.15) is 0 Å².